The lowest BCUT2D eigenvalue weighted by atomic mass is 9.73. The molecule has 0 aromatic heterocycles. The second-order valence-electron chi connectivity index (χ2n) is 8.75. The highest BCUT2D eigenvalue weighted by Gasteiger charge is 2.35. The lowest BCUT2D eigenvalue weighted by Gasteiger charge is -2.31. The molecule has 0 unspecified atom stereocenters. The van der Waals surface area contributed by atoms with Gasteiger partial charge < -0.3 is 19.9 Å². The molecule has 0 saturated carbocycles. The average molecular weight is 415 g/mol. The Bertz CT molecular complexity index is 557. The number of nitrogens with one attached hydrogen (secondary N) is 2. The van der Waals surface area contributed by atoms with Crippen LogP contribution >= 0.6 is 0 Å². The minimum Gasteiger partial charge on any atom is -0.481 e. The summed E-state index contributed by atoms with van der Waals surface area (Å²) in [5, 5.41) is 16.9. The molecule has 9 nitrogen and oxygen atoms in total. The third kappa shape index (κ3) is 13.8. The van der Waals surface area contributed by atoms with E-state index < -0.39 is 16.8 Å². The van der Waals surface area contributed by atoms with Crippen LogP contribution in [0.3, 0.4) is 0 Å². The number of amides is 1. The van der Waals surface area contributed by atoms with Gasteiger partial charge in [-0.2, -0.15) is 5.53 Å². The number of hydrogen-bond acceptors (Lipinski definition) is 6. The van der Waals surface area contributed by atoms with E-state index in [1.807, 2.05) is 27.7 Å². The minimum atomic E-state index is -0.871. The van der Waals surface area contributed by atoms with Gasteiger partial charge in [0.25, 0.3) is 0 Å². The lowest BCUT2D eigenvalue weighted by Crippen LogP contribution is -2.35. The van der Waals surface area contributed by atoms with Gasteiger partial charge in [-0.15, -0.1) is 0 Å². The summed E-state index contributed by atoms with van der Waals surface area (Å²) in [6.07, 6.45) is 2.45. The molecular weight excluding hydrogens is 376 g/mol. The third-order valence-electron chi connectivity index (χ3n) is 4.08. The SMILES string of the molecule is CC(C)=CN(CCOCCOCCNC(=O)CC(C)(C)CC(C)(C)C(=O)O)N=N. The van der Waals surface area contributed by atoms with Gasteiger partial charge in [-0.25, -0.2) is 0 Å². The molecule has 0 aliphatic heterocycles. The molecule has 0 aromatic rings. The van der Waals surface area contributed by atoms with E-state index >= 15 is 0 Å². The molecule has 0 rings (SSSR count). The van der Waals surface area contributed by atoms with Gasteiger partial charge >= 0.3 is 5.97 Å². The Balaban J connectivity index is 3.85. The molecular formula is C20H38N4O5. The highest BCUT2D eigenvalue weighted by molar-refractivity contribution is 5.77. The van der Waals surface area contributed by atoms with E-state index in [-0.39, 0.29) is 12.3 Å². The fourth-order valence-electron chi connectivity index (χ4n) is 3.02. The lowest BCUT2D eigenvalue weighted by molar-refractivity contribution is -0.149. The maximum absolute atomic E-state index is 12.1. The maximum Gasteiger partial charge on any atom is 0.309 e. The molecule has 3 N–H and O–H groups in total. The number of carbonyl (C=O) groups excluding carboxylic acids is 1. The van der Waals surface area contributed by atoms with Crippen molar-refractivity contribution in [3.63, 3.8) is 0 Å². The van der Waals surface area contributed by atoms with E-state index in [1.165, 1.54) is 5.01 Å². The maximum atomic E-state index is 12.1. The largest absolute Gasteiger partial charge is 0.481 e. The predicted molar refractivity (Wildman–Crippen MR) is 110 cm³/mol. The Morgan fingerprint density at radius 3 is 2.21 bits per heavy atom. The van der Waals surface area contributed by atoms with E-state index in [4.69, 9.17) is 15.0 Å². The predicted octanol–water partition coefficient (Wildman–Crippen LogP) is 3.22. The van der Waals surface area contributed by atoms with Gasteiger partial charge in [-0.05, 0) is 39.5 Å². The van der Waals surface area contributed by atoms with Crippen molar-refractivity contribution in [1.82, 2.24) is 10.3 Å². The monoisotopic (exact) mass is 414 g/mol. The van der Waals surface area contributed by atoms with Gasteiger partial charge in [0.2, 0.25) is 5.91 Å². The number of rotatable bonds is 16. The van der Waals surface area contributed by atoms with Gasteiger partial charge in [-0.1, -0.05) is 24.6 Å². The van der Waals surface area contributed by atoms with Crippen molar-refractivity contribution in [3.05, 3.63) is 11.8 Å². The number of carboxylic acid groups (broad SMARTS) is 1. The van der Waals surface area contributed by atoms with Crippen LogP contribution in [-0.4, -0.2) is 61.5 Å². The highest BCUT2D eigenvalue weighted by Crippen LogP contribution is 2.36. The van der Waals surface area contributed by atoms with Gasteiger partial charge in [0, 0.05) is 19.2 Å². The topological polar surface area (TPSA) is 124 Å². The van der Waals surface area contributed by atoms with Crippen LogP contribution in [0.4, 0.5) is 0 Å². The summed E-state index contributed by atoms with van der Waals surface area (Å²) in [6.45, 7) is 13.6. The zero-order chi connectivity index (χ0) is 22.5. The second-order valence-corrected chi connectivity index (χ2v) is 8.75. The molecule has 1 amide bonds. The van der Waals surface area contributed by atoms with Crippen LogP contribution in [0, 0.1) is 16.4 Å². The van der Waals surface area contributed by atoms with Crippen molar-refractivity contribution in [3.8, 4) is 0 Å². The molecule has 0 atom stereocenters. The van der Waals surface area contributed by atoms with Gasteiger partial charge in [0.15, 0.2) is 0 Å². The Kier molecular flexibility index (Phi) is 12.4. The Morgan fingerprint density at radius 1 is 1.10 bits per heavy atom. The number of aliphatic carboxylic acids is 1. The van der Waals surface area contributed by atoms with Crippen LogP contribution in [0.2, 0.25) is 0 Å². The number of nitrogens with zero attached hydrogens (tertiary/aromatic N) is 2. The van der Waals surface area contributed by atoms with E-state index in [2.05, 4.69) is 10.5 Å². The summed E-state index contributed by atoms with van der Waals surface area (Å²) in [6, 6.07) is 0. The first-order chi connectivity index (χ1) is 13.4. The van der Waals surface area contributed by atoms with Crippen LogP contribution in [0.25, 0.3) is 0 Å². The number of ether oxygens (including phenoxy) is 2. The molecule has 0 bridgehead atoms. The summed E-state index contributed by atoms with van der Waals surface area (Å²) in [7, 11) is 0. The second kappa shape index (κ2) is 13.3. The van der Waals surface area contributed by atoms with Crippen molar-refractivity contribution >= 4 is 11.9 Å². The highest BCUT2D eigenvalue weighted by atomic mass is 16.5. The molecule has 0 aliphatic carbocycles. The van der Waals surface area contributed by atoms with Gasteiger partial charge in [0.05, 0.1) is 38.4 Å². The smallest absolute Gasteiger partial charge is 0.309 e. The van der Waals surface area contributed by atoms with Gasteiger partial charge in [-0.3, -0.25) is 14.6 Å². The zero-order valence-corrected chi connectivity index (χ0v) is 18.7. The summed E-state index contributed by atoms with van der Waals surface area (Å²) in [4.78, 5) is 23.4. The number of allylic oxidation sites excluding steroid dienone is 1. The number of carbonyl (C=O) groups is 2. The molecule has 0 saturated heterocycles. The normalized spacial score (nSPS) is 11.7. The molecule has 0 heterocycles. The third-order valence-corrected chi connectivity index (χ3v) is 4.08. The van der Waals surface area contributed by atoms with E-state index in [0.29, 0.717) is 45.9 Å². The van der Waals surface area contributed by atoms with Crippen LogP contribution < -0.4 is 5.32 Å². The van der Waals surface area contributed by atoms with Crippen molar-refractivity contribution in [2.75, 3.05) is 39.5 Å². The standard InChI is InChI=1S/C20H38N4O5/c1-16(2)14-24(23-21)8-10-29-12-11-28-9-7-22-17(25)13-19(3,4)15-20(5,6)18(26)27/h14,21H,7-13,15H2,1-6H3,(H,22,25)(H,26,27). The van der Waals surface area contributed by atoms with E-state index in [1.54, 1.807) is 20.0 Å². The first kappa shape index (κ1) is 27.0. The van der Waals surface area contributed by atoms with Crippen LogP contribution in [0.1, 0.15) is 54.4 Å². The first-order valence-electron chi connectivity index (χ1n) is 9.84. The minimum absolute atomic E-state index is 0.116. The number of hydrogen-bond donors (Lipinski definition) is 3. The summed E-state index contributed by atoms with van der Waals surface area (Å²) in [5.41, 5.74) is 6.84. The van der Waals surface area contributed by atoms with Crippen molar-refractivity contribution in [1.29, 1.82) is 5.53 Å². The van der Waals surface area contributed by atoms with E-state index in [0.717, 1.165) is 5.57 Å². The fourth-order valence-corrected chi connectivity index (χ4v) is 3.02. The van der Waals surface area contributed by atoms with Crippen LogP contribution in [0.15, 0.2) is 17.0 Å². The molecule has 0 aliphatic rings. The molecule has 0 spiro atoms. The molecule has 9 heteroatoms. The molecule has 0 radical (unpaired) electrons. The molecule has 168 valence electrons. The Morgan fingerprint density at radius 2 is 1.69 bits per heavy atom. The van der Waals surface area contributed by atoms with Crippen molar-refractivity contribution < 1.29 is 24.2 Å². The number of carboxylic acids is 1. The summed E-state index contributed by atoms with van der Waals surface area (Å²) >= 11 is 0. The molecule has 0 aromatic carbocycles. The fraction of sp³-hybridized carbons (Fsp3) is 0.800. The Labute approximate surface area is 174 Å². The van der Waals surface area contributed by atoms with E-state index in [9.17, 15) is 14.7 Å². The van der Waals surface area contributed by atoms with Crippen LogP contribution in [0.5, 0.6) is 0 Å². The zero-order valence-electron chi connectivity index (χ0n) is 18.7. The first-order valence-corrected chi connectivity index (χ1v) is 9.84. The van der Waals surface area contributed by atoms with Gasteiger partial charge in [0.1, 0.15) is 0 Å². The average Bonchev–Trinajstić information content (AvgIpc) is 2.57. The molecule has 29 heavy (non-hydrogen) atoms. The van der Waals surface area contributed by atoms with Crippen molar-refractivity contribution in [2.45, 2.75) is 54.4 Å². The summed E-state index contributed by atoms with van der Waals surface area (Å²) < 4.78 is 10.9. The molecule has 0 fully saturated rings. The van der Waals surface area contributed by atoms with Crippen molar-refractivity contribution in [2.24, 2.45) is 16.1 Å². The summed E-state index contributed by atoms with van der Waals surface area (Å²) in [5.74, 6) is -0.977. The quantitative estimate of drug-likeness (QED) is 0.202. The van der Waals surface area contributed by atoms with Crippen LogP contribution in [-0.2, 0) is 19.1 Å². The Hall–Kier alpha value is -2.00.